The van der Waals surface area contributed by atoms with Gasteiger partial charge in [0, 0.05) is 51.0 Å². The average molecular weight is 564 g/mol. The van der Waals surface area contributed by atoms with Crippen LogP contribution in [-0.4, -0.2) is 84.2 Å². The molecular formula is C28H36F3N5O4. The highest BCUT2D eigenvalue weighted by Gasteiger charge is 2.35. The minimum absolute atomic E-state index is 0.0466. The van der Waals surface area contributed by atoms with Crippen molar-refractivity contribution in [2.24, 2.45) is 0 Å². The number of amides is 1. The van der Waals surface area contributed by atoms with Gasteiger partial charge in [0.1, 0.15) is 17.9 Å². The van der Waals surface area contributed by atoms with Gasteiger partial charge in [-0.2, -0.15) is 0 Å². The standard InChI is InChI=1S/C28H36F3N5O4/c1-18-16-23(37)25-24(18)26(34-17-33-25)35-10-12-36(13-11-35)27(38)22(6-9-32-20-7-14-39-15-8-20)19-2-4-21(5-3-19)40-28(29,30)31/h2-5,17-18,20,22-23,32,37H,6-16H2,1H3/t18-,22-,23-/m1/s1. The Labute approximate surface area is 231 Å². The molecule has 0 unspecified atom stereocenters. The largest absolute Gasteiger partial charge is 0.573 e. The summed E-state index contributed by atoms with van der Waals surface area (Å²) in [6.45, 7) is 6.24. The number of aliphatic hydroxyl groups is 1. The molecule has 2 fully saturated rings. The van der Waals surface area contributed by atoms with E-state index in [1.54, 1.807) is 12.1 Å². The fourth-order valence-corrected chi connectivity index (χ4v) is 5.98. The van der Waals surface area contributed by atoms with Crippen LogP contribution in [0.3, 0.4) is 0 Å². The first-order valence-electron chi connectivity index (χ1n) is 13.9. The first-order chi connectivity index (χ1) is 19.2. The molecule has 2 saturated heterocycles. The van der Waals surface area contributed by atoms with E-state index in [9.17, 15) is 23.1 Å². The lowest BCUT2D eigenvalue weighted by molar-refractivity contribution is -0.274. The highest BCUT2D eigenvalue weighted by molar-refractivity contribution is 5.84. The first kappa shape index (κ1) is 28.6. The van der Waals surface area contributed by atoms with Crippen molar-refractivity contribution < 1.29 is 32.5 Å². The van der Waals surface area contributed by atoms with Crippen molar-refractivity contribution in [2.45, 2.75) is 63.0 Å². The number of anilines is 1. The van der Waals surface area contributed by atoms with E-state index < -0.39 is 18.4 Å². The van der Waals surface area contributed by atoms with E-state index in [1.807, 2.05) is 4.90 Å². The second kappa shape index (κ2) is 12.3. The Morgan fingerprint density at radius 3 is 2.52 bits per heavy atom. The average Bonchev–Trinajstić information content (AvgIpc) is 3.24. The van der Waals surface area contributed by atoms with Gasteiger partial charge in [0.25, 0.3) is 0 Å². The number of nitrogens with zero attached hydrogens (tertiary/aromatic N) is 4. The third-order valence-electron chi connectivity index (χ3n) is 8.07. The summed E-state index contributed by atoms with van der Waals surface area (Å²) in [6, 6.07) is 5.94. The summed E-state index contributed by atoms with van der Waals surface area (Å²) in [5.41, 5.74) is 2.33. The Hall–Kier alpha value is -2.96. The molecule has 0 bridgehead atoms. The molecule has 1 aliphatic carbocycles. The summed E-state index contributed by atoms with van der Waals surface area (Å²) >= 11 is 0. The van der Waals surface area contributed by atoms with Crippen LogP contribution in [-0.2, 0) is 9.53 Å². The topological polar surface area (TPSA) is 100 Å². The summed E-state index contributed by atoms with van der Waals surface area (Å²) in [5, 5.41) is 13.9. The monoisotopic (exact) mass is 563 g/mol. The lowest BCUT2D eigenvalue weighted by atomic mass is 9.93. The number of nitrogens with one attached hydrogen (secondary N) is 1. The van der Waals surface area contributed by atoms with Gasteiger partial charge in [-0.25, -0.2) is 9.97 Å². The zero-order valence-corrected chi connectivity index (χ0v) is 22.6. The number of hydrogen-bond acceptors (Lipinski definition) is 8. The molecule has 3 heterocycles. The highest BCUT2D eigenvalue weighted by Crippen LogP contribution is 2.43. The minimum Gasteiger partial charge on any atom is -0.406 e. The maximum Gasteiger partial charge on any atom is 0.573 e. The number of fused-ring (bicyclic) bond motifs is 1. The highest BCUT2D eigenvalue weighted by atomic mass is 19.4. The van der Waals surface area contributed by atoms with Crippen molar-refractivity contribution in [3.63, 3.8) is 0 Å². The van der Waals surface area contributed by atoms with Crippen LogP contribution in [0.15, 0.2) is 30.6 Å². The number of halogens is 3. The van der Waals surface area contributed by atoms with E-state index in [4.69, 9.17) is 4.74 Å². The fraction of sp³-hybridized carbons (Fsp3) is 0.607. The van der Waals surface area contributed by atoms with E-state index in [0.29, 0.717) is 76.1 Å². The second-order valence-electron chi connectivity index (χ2n) is 10.8. The summed E-state index contributed by atoms with van der Waals surface area (Å²) in [7, 11) is 0. The third-order valence-corrected chi connectivity index (χ3v) is 8.07. The first-order valence-corrected chi connectivity index (χ1v) is 13.9. The molecule has 5 rings (SSSR count). The molecule has 2 aliphatic heterocycles. The van der Waals surface area contributed by atoms with Gasteiger partial charge < -0.3 is 29.7 Å². The summed E-state index contributed by atoms with van der Waals surface area (Å²) in [6.07, 6.45) is -0.915. The van der Waals surface area contributed by atoms with Gasteiger partial charge in [0.05, 0.1) is 17.7 Å². The van der Waals surface area contributed by atoms with Crippen molar-refractivity contribution in [1.82, 2.24) is 20.2 Å². The van der Waals surface area contributed by atoms with Crippen LogP contribution in [0.1, 0.15) is 67.4 Å². The van der Waals surface area contributed by atoms with Gasteiger partial charge in [-0.1, -0.05) is 19.1 Å². The molecule has 0 radical (unpaired) electrons. The number of piperazine rings is 1. The molecule has 12 heteroatoms. The van der Waals surface area contributed by atoms with Gasteiger partial charge in [0.2, 0.25) is 5.91 Å². The Morgan fingerprint density at radius 2 is 1.85 bits per heavy atom. The lowest BCUT2D eigenvalue weighted by Gasteiger charge is -2.38. The predicted octanol–water partition coefficient (Wildman–Crippen LogP) is 3.51. The molecule has 2 N–H and O–H groups in total. The number of carbonyl (C=O) groups is 1. The second-order valence-corrected chi connectivity index (χ2v) is 10.8. The van der Waals surface area contributed by atoms with Crippen molar-refractivity contribution in [3.05, 3.63) is 47.4 Å². The number of alkyl halides is 3. The Bertz CT molecular complexity index is 1150. The molecule has 1 aromatic carbocycles. The van der Waals surface area contributed by atoms with Crippen LogP contribution in [0.2, 0.25) is 0 Å². The molecule has 0 spiro atoms. The quantitative estimate of drug-likeness (QED) is 0.504. The molecule has 3 aliphatic rings. The van der Waals surface area contributed by atoms with E-state index >= 15 is 0 Å². The summed E-state index contributed by atoms with van der Waals surface area (Å²) < 4.78 is 47.4. The number of hydrogen-bond donors (Lipinski definition) is 2. The zero-order chi connectivity index (χ0) is 28.3. The normalized spacial score (nSPS) is 22.7. The van der Waals surface area contributed by atoms with Gasteiger partial charge >= 0.3 is 6.36 Å². The predicted molar refractivity (Wildman–Crippen MR) is 141 cm³/mol. The fourth-order valence-electron chi connectivity index (χ4n) is 5.98. The summed E-state index contributed by atoms with van der Waals surface area (Å²) in [4.78, 5) is 26.6. The number of ether oxygens (including phenoxy) is 2. The minimum atomic E-state index is -4.77. The molecule has 40 heavy (non-hydrogen) atoms. The van der Waals surface area contributed by atoms with Gasteiger partial charge in [-0.15, -0.1) is 13.2 Å². The molecule has 9 nitrogen and oxygen atoms in total. The summed E-state index contributed by atoms with van der Waals surface area (Å²) in [5.74, 6) is 0.108. The number of rotatable bonds is 8. The van der Waals surface area contributed by atoms with Crippen molar-refractivity contribution in [1.29, 1.82) is 0 Å². The SMILES string of the molecule is C[C@@H]1C[C@@H](O)c2ncnc(N3CCN(C(=O)[C@H](CCNC4CCOCC4)c4ccc(OC(F)(F)F)cc4)CC3)c21. The zero-order valence-electron chi connectivity index (χ0n) is 22.6. The van der Waals surface area contributed by atoms with Gasteiger partial charge in [0.15, 0.2) is 0 Å². The number of aliphatic hydroxyl groups excluding tert-OH is 1. The molecule has 3 atom stereocenters. The molecule has 0 saturated carbocycles. The van der Waals surface area contributed by atoms with E-state index in [1.165, 1.54) is 18.5 Å². The van der Waals surface area contributed by atoms with Crippen LogP contribution in [0.4, 0.5) is 19.0 Å². The smallest absolute Gasteiger partial charge is 0.406 e. The Balaban J connectivity index is 1.26. The van der Waals surface area contributed by atoms with Crippen LogP contribution >= 0.6 is 0 Å². The molecular weight excluding hydrogens is 527 g/mol. The Morgan fingerprint density at radius 1 is 1.15 bits per heavy atom. The van der Waals surface area contributed by atoms with E-state index in [-0.39, 0.29) is 17.6 Å². The van der Waals surface area contributed by atoms with Crippen LogP contribution in [0, 0.1) is 0 Å². The van der Waals surface area contributed by atoms with Gasteiger partial charge in [-0.05, 0) is 55.8 Å². The van der Waals surface area contributed by atoms with Crippen molar-refractivity contribution in [3.8, 4) is 5.75 Å². The molecule has 218 valence electrons. The van der Waals surface area contributed by atoms with E-state index in [2.05, 4.69) is 31.8 Å². The number of benzene rings is 1. The van der Waals surface area contributed by atoms with Gasteiger partial charge in [-0.3, -0.25) is 4.79 Å². The molecule has 1 aromatic heterocycles. The molecule has 2 aromatic rings. The lowest BCUT2D eigenvalue weighted by Crippen LogP contribution is -2.50. The third kappa shape index (κ3) is 6.67. The molecule has 1 amide bonds. The maximum atomic E-state index is 13.8. The number of carbonyl (C=O) groups excluding carboxylic acids is 1. The van der Waals surface area contributed by atoms with Crippen LogP contribution < -0.4 is 15.0 Å². The van der Waals surface area contributed by atoms with Crippen molar-refractivity contribution >= 4 is 11.7 Å². The van der Waals surface area contributed by atoms with E-state index in [0.717, 1.165) is 24.2 Å². The van der Waals surface area contributed by atoms with Crippen LogP contribution in [0.5, 0.6) is 5.75 Å². The van der Waals surface area contributed by atoms with Crippen molar-refractivity contribution in [2.75, 3.05) is 50.8 Å². The maximum absolute atomic E-state index is 13.8. The number of aromatic nitrogens is 2. The Kier molecular flexibility index (Phi) is 8.77. The van der Waals surface area contributed by atoms with Crippen LogP contribution in [0.25, 0.3) is 0 Å².